The van der Waals surface area contributed by atoms with E-state index in [1.54, 1.807) is 24.3 Å². The van der Waals surface area contributed by atoms with Crippen LogP contribution in [0.2, 0.25) is 0 Å². The molecule has 0 aliphatic carbocycles. The number of amides is 1. The third-order valence-corrected chi connectivity index (χ3v) is 6.48. The number of hydrogen-bond acceptors (Lipinski definition) is 6. The van der Waals surface area contributed by atoms with Gasteiger partial charge in [-0.15, -0.1) is 0 Å². The zero-order valence-electron chi connectivity index (χ0n) is 19.2. The average molecular weight is 585 g/mol. The molecule has 1 aromatic heterocycles. The molecule has 1 heterocycles. The van der Waals surface area contributed by atoms with Crippen molar-refractivity contribution in [2.45, 2.75) is 13.1 Å². The minimum Gasteiger partial charge on any atom is -0.494 e. The number of aliphatic imine (C=N–C) groups is 1. The highest BCUT2D eigenvalue weighted by atomic mass is 79.9. The lowest BCUT2D eigenvalue weighted by Gasteiger charge is -2.15. The zero-order valence-corrected chi connectivity index (χ0v) is 21.6. The van der Waals surface area contributed by atoms with Crippen LogP contribution in [0.5, 0.6) is 5.88 Å². The molecule has 0 saturated carbocycles. The van der Waals surface area contributed by atoms with Crippen molar-refractivity contribution in [2.75, 3.05) is 11.1 Å². The van der Waals surface area contributed by atoms with Crippen LogP contribution in [0.4, 0.5) is 24.5 Å². The quantitative estimate of drug-likeness (QED) is 0.343. The van der Waals surface area contributed by atoms with Gasteiger partial charge < -0.3 is 10.4 Å². The van der Waals surface area contributed by atoms with Gasteiger partial charge in [-0.1, -0.05) is 45.4 Å². The summed E-state index contributed by atoms with van der Waals surface area (Å²) in [5.41, 5.74) is -2.07. The molecule has 0 bridgehead atoms. The fourth-order valence-corrected chi connectivity index (χ4v) is 4.29. The van der Waals surface area contributed by atoms with Gasteiger partial charge >= 0.3 is 11.9 Å². The first-order valence-electron chi connectivity index (χ1n) is 10.2. The molecule has 190 valence electrons. The van der Waals surface area contributed by atoms with Gasteiger partial charge in [0.05, 0.1) is 22.7 Å². The number of aromatic nitrogens is 2. The molecule has 8 nitrogen and oxygen atoms in total. The lowest BCUT2D eigenvalue weighted by molar-refractivity contribution is -0.137. The highest BCUT2D eigenvalue weighted by molar-refractivity contribution is 9.10. The lowest BCUT2D eigenvalue weighted by Crippen LogP contribution is -2.39. The van der Waals surface area contributed by atoms with E-state index in [1.807, 2.05) is 6.92 Å². The average Bonchev–Trinajstić information content (AvgIpc) is 2.81. The second kappa shape index (κ2) is 10.7. The molecule has 0 fully saturated rings. The van der Waals surface area contributed by atoms with E-state index in [9.17, 15) is 32.7 Å². The van der Waals surface area contributed by atoms with Gasteiger partial charge in [-0.3, -0.25) is 18.7 Å². The summed E-state index contributed by atoms with van der Waals surface area (Å²) in [5, 5.41) is 12.7. The third-order valence-electron chi connectivity index (χ3n) is 5.01. The summed E-state index contributed by atoms with van der Waals surface area (Å²) >= 11 is 3.71. The van der Waals surface area contributed by atoms with Crippen LogP contribution in [0, 0.1) is 6.92 Å². The number of alkyl halides is 3. The van der Waals surface area contributed by atoms with Crippen LogP contribution in [0.15, 0.2) is 61.5 Å². The van der Waals surface area contributed by atoms with Crippen LogP contribution >= 0.6 is 27.7 Å². The lowest BCUT2D eigenvalue weighted by atomic mass is 10.1. The van der Waals surface area contributed by atoms with Crippen LogP contribution in [-0.2, 0) is 25.1 Å². The molecular formula is C23H20BrF3N4O4S. The summed E-state index contributed by atoms with van der Waals surface area (Å²) in [7, 11) is 2.48. The Morgan fingerprint density at radius 3 is 2.36 bits per heavy atom. The van der Waals surface area contributed by atoms with Crippen molar-refractivity contribution in [3.05, 3.63) is 84.5 Å². The Labute approximate surface area is 215 Å². The van der Waals surface area contributed by atoms with E-state index in [-0.39, 0.29) is 15.1 Å². The van der Waals surface area contributed by atoms with E-state index in [0.29, 0.717) is 5.69 Å². The predicted octanol–water partition coefficient (Wildman–Crippen LogP) is 4.33. The molecule has 0 radical (unpaired) electrons. The molecule has 0 unspecified atom stereocenters. The molecule has 3 rings (SSSR count). The zero-order chi connectivity index (χ0) is 26.8. The molecule has 0 spiro atoms. The molecule has 0 aliphatic rings. The van der Waals surface area contributed by atoms with Gasteiger partial charge in [-0.05, 0) is 37.3 Å². The molecule has 2 N–H and O–H groups in total. The molecule has 0 aliphatic heterocycles. The Morgan fingerprint density at radius 2 is 1.75 bits per heavy atom. The van der Waals surface area contributed by atoms with Gasteiger partial charge in [0.15, 0.2) is 0 Å². The monoisotopic (exact) mass is 584 g/mol. The maximum absolute atomic E-state index is 13.4. The Balaban J connectivity index is 1.98. The number of aryl methyl sites for hydroxylation is 1. The second-order valence-electron chi connectivity index (χ2n) is 7.68. The minimum atomic E-state index is -4.70. The number of nitrogens with zero attached hydrogens (tertiary/aromatic N) is 3. The number of benzene rings is 2. The van der Waals surface area contributed by atoms with Gasteiger partial charge in [0.25, 0.3) is 5.56 Å². The van der Waals surface area contributed by atoms with Crippen LogP contribution in [0.25, 0.3) is 0 Å². The first kappa shape index (κ1) is 27.3. The van der Waals surface area contributed by atoms with Gasteiger partial charge in [-0.2, -0.15) is 13.2 Å². The van der Waals surface area contributed by atoms with Crippen molar-refractivity contribution in [1.29, 1.82) is 0 Å². The molecule has 13 heteroatoms. The second-order valence-corrected chi connectivity index (χ2v) is 9.56. The number of aromatic hydroxyl groups is 1. The highest BCUT2D eigenvalue weighted by Gasteiger charge is 2.34. The van der Waals surface area contributed by atoms with Crippen LogP contribution in [-0.4, -0.2) is 30.9 Å². The van der Waals surface area contributed by atoms with E-state index >= 15 is 0 Å². The number of halogens is 4. The van der Waals surface area contributed by atoms with Crippen molar-refractivity contribution in [3.63, 3.8) is 0 Å². The first-order chi connectivity index (χ1) is 16.8. The van der Waals surface area contributed by atoms with E-state index in [1.165, 1.54) is 20.2 Å². The number of anilines is 1. The number of hydrogen-bond donors (Lipinski definition) is 2. The van der Waals surface area contributed by atoms with Gasteiger partial charge in [0, 0.05) is 18.6 Å². The maximum Gasteiger partial charge on any atom is 0.418 e. The number of carbonyl (C=O) groups is 1. The van der Waals surface area contributed by atoms with Crippen LogP contribution in [0.1, 0.15) is 16.7 Å². The SMILES string of the molecule is Cc1ccc(N=C(SCC(=O)Nc2ccc(Br)cc2C(F)(F)F)c2c(O)n(C)c(=O)n(C)c2=O)cc1. The third kappa shape index (κ3) is 6.08. The number of carbonyl (C=O) groups excluding carboxylic acids is 1. The number of nitrogens with one attached hydrogen (secondary N) is 1. The number of rotatable bonds is 5. The van der Waals surface area contributed by atoms with Crippen molar-refractivity contribution in [2.24, 2.45) is 19.1 Å². The highest BCUT2D eigenvalue weighted by Crippen LogP contribution is 2.36. The fraction of sp³-hybridized carbons (Fsp3) is 0.217. The van der Waals surface area contributed by atoms with E-state index < -0.39 is 46.2 Å². The molecular weight excluding hydrogens is 565 g/mol. The summed E-state index contributed by atoms with van der Waals surface area (Å²) in [6.07, 6.45) is -4.70. The Morgan fingerprint density at radius 1 is 1.11 bits per heavy atom. The molecule has 2 aromatic carbocycles. The van der Waals surface area contributed by atoms with E-state index in [2.05, 4.69) is 26.2 Å². The van der Waals surface area contributed by atoms with Crippen molar-refractivity contribution >= 4 is 50.0 Å². The normalized spacial score (nSPS) is 12.0. The summed E-state index contributed by atoms with van der Waals surface area (Å²) in [4.78, 5) is 42.0. The van der Waals surface area contributed by atoms with Crippen molar-refractivity contribution in [1.82, 2.24) is 9.13 Å². The summed E-state index contributed by atoms with van der Waals surface area (Å²) in [6, 6.07) is 10.1. The molecule has 3 aromatic rings. The molecule has 0 atom stereocenters. The summed E-state index contributed by atoms with van der Waals surface area (Å²) in [6.45, 7) is 1.86. The predicted molar refractivity (Wildman–Crippen MR) is 136 cm³/mol. The van der Waals surface area contributed by atoms with Gasteiger partial charge in [-0.25, -0.2) is 9.79 Å². The largest absolute Gasteiger partial charge is 0.494 e. The first-order valence-corrected chi connectivity index (χ1v) is 12.0. The fourth-order valence-electron chi connectivity index (χ4n) is 3.10. The maximum atomic E-state index is 13.4. The molecule has 36 heavy (non-hydrogen) atoms. The topological polar surface area (TPSA) is 106 Å². The Bertz CT molecular complexity index is 1460. The smallest absolute Gasteiger partial charge is 0.418 e. The standard InChI is InChI=1S/C23H20BrF3N4O4S/c1-12-4-7-14(8-5-12)28-19(18-20(33)30(2)22(35)31(3)21(18)34)36-11-17(32)29-16-9-6-13(24)10-15(16)23(25,26)27/h4-10,33H,11H2,1-3H3,(H,29,32). The van der Waals surface area contributed by atoms with Gasteiger partial charge in [0.1, 0.15) is 10.6 Å². The van der Waals surface area contributed by atoms with Crippen molar-refractivity contribution in [3.8, 4) is 5.88 Å². The minimum absolute atomic E-state index is 0.0884. The van der Waals surface area contributed by atoms with E-state index in [4.69, 9.17) is 0 Å². The summed E-state index contributed by atoms with van der Waals surface area (Å²) in [5.74, 6) is -1.90. The molecule has 0 saturated heterocycles. The van der Waals surface area contributed by atoms with E-state index in [0.717, 1.165) is 38.6 Å². The Kier molecular flexibility index (Phi) is 8.14. The van der Waals surface area contributed by atoms with Crippen molar-refractivity contribution < 1.29 is 23.1 Å². The number of thioether (sulfide) groups is 1. The summed E-state index contributed by atoms with van der Waals surface area (Å²) < 4.78 is 42.0. The van der Waals surface area contributed by atoms with Crippen LogP contribution in [0.3, 0.4) is 0 Å². The Hall–Kier alpha value is -3.32. The van der Waals surface area contributed by atoms with Crippen LogP contribution < -0.4 is 16.6 Å². The van der Waals surface area contributed by atoms with Gasteiger partial charge in [0.2, 0.25) is 11.8 Å². The molecule has 1 amide bonds.